The summed E-state index contributed by atoms with van der Waals surface area (Å²) >= 11 is -1.12. The molecule has 0 saturated heterocycles. The smallest absolute Gasteiger partial charge is 0.109 e. The Kier molecular flexibility index (Phi) is 2.82. The first-order chi connectivity index (χ1) is 6.77. The summed E-state index contributed by atoms with van der Waals surface area (Å²) in [5.41, 5.74) is 2.39. The highest BCUT2D eigenvalue weighted by atomic mass is 32.2. The molecule has 0 radical (unpaired) electrons. The average Bonchev–Trinajstić information content (AvgIpc) is 2.62. The minimum atomic E-state index is -2.24. The van der Waals surface area contributed by atoms with Gasteiger partial charge in [-0.15, -0.1) is 0 Å². The Morgan fingerprint density at radius 3 is 3.14 bits per heavy atom. The van der Waals surface area contributed by atoms with Crippen LogP contribution in [0.3, 0.4) is 0 Å². The van der Waals surface area contributed by atoms with Gasteiger partial charge < -0.3 is 4.55 Å². The normalized spacial score (nSPS) is 13.2. The summed E-state index contributed by atoms with van der Waals surface area (Å²) in [7, 11) is 0. The van der Waals surface area contributed by atoms with E-state index in [0.29, 0.717) is 0 Å². The molecule has 1 aromatic carbocycles. The molecule has 0 aliphatic heterocycles. The van der Waals surface area contributed by atoms with Crippen molar-refractivity contribution in [1.29, 1.82) is 0 Å². The van der Waals surface area contributed by atoms with Crippen molar-refractivity contribution >= 4 is 34.0 Å². The van der Waals surface area contributed by atoms with Gasteiger partial charge in [-0.05, 0) is 11.6 Å². The van der Waals surface area contributed by atoms with E-state index in [-0.39, 0.29) is 6.54 Å². The third-order valence-corrected chi connectivity index (χ3v) is 2.67. The first-order valence-electron chi connectivity index (χ1n) is 3.80. The molecule has 0 bridgehead atoms. The average molecular weight is 228 g/mol. The zero-order valence-electron chi connectivity index (χ0n) is 6.97. The van der Waals surface area contributed by atoms with Gasteiger partial charge in [0.15, 0.2) is 0 Å². The Morgan fingerprint density at radius 2 is 2.36 bits per heavy atom. The fraction of sp³-hybridized carbons (Fsp3) is 0.143. The lowest BCUT2D eigenvalue weighted by molar-refractivity contribution is 0.523. The largest absolute Gasteiger partial charge is 0.760 e. The number of aromatic nitrogens is 2. The monoisotopic (exact) mass is 228 g/mol. The molecule has 2 rings (SSSR count). The van der Waals surface area contributed by atoms with E-state index in [1.54, 1.807) is 0 Å². The SMILES string of the molecule is O=S([O-])NCc1cccc2nsnc12. The Hall–Kier alpha value is -0.890. The van der Waals surface area contributed by atoms with Crippen molar-refractivity contribution in [1.82, 2.24) is 13.5 Å². The van der Waals surface area contributed by atoms with E-state index in [4.69, 9.17) is 0 Å². The number of hydrogen-bond acceptors (Lipinski definition) is 5. The molecule has 0 saturated carbocycles. The van der Waals surface area contributed by atoms with Gasteiger partial charge in [-0.3, -0.25) is 4.21 Å². The third-order valence-electron chi connectivity index (χ3n) is 1.75. The minimum absolute atomic E-state index is 0.249. The molecular weight excluding hydrogens is 222 g/mol. The summed E-state index contributed by atoms with van der Waals surface area (Å²) in [4.78, 5) is 0. The maximum Gasteiger partial charge on any atom is 0.109 e. The Balaban J connectivity index is 2.32. The molecule has 14 heavy (non-hydrogen) atoms. The van der Waals surface area contributed by atoms with Crippen LogP contribution in [0.15, 0.2) is 18.2 Å². The molecule has 0 aliphatic carbocycles. The molecule has 7 heteroatoms. The van der Waals surface area contributed by atoms with E-state index in [0.717, 1.165) is 28.3 Å². The molecule has 1 N–H and O–H groups in total. The number of benzene rings is 1. The first kappa shape index (κ1) is 9.66. The fourth-order valence-corrected chi connectivity index (χ4v) is 1.98. The van der Waals surface area contributed by atoms with E-state index in [1.807, 2.05) is 18.2 Å². The highest BCUT2D eigenvalue weighted by Gasteiger charge is 2.03. The number of nitrogens with one attached hydrogen (secondary N) is 1. The number of rotatable bonds is 3. The fourth-order valence-electron chi connectivity index (χ4n) is 1.14. The summed E-state index contributed by atoms with van der Waals surface area (Å²) in [5, 5.41) is 0. The molecule has 1 unspecified atom stereocenters. The lowest BCUT2D eigenvalue weighted by Crippen LogP contribution is -2.15. The maximum absolute atomic E-state index is 10.3. The van der Waals surface area contributed by atoms with Crippen molar-refractivity contribution in [2.75, 3.05) is 0 Å². The molecule has 0 aliphatic rings. The van der Waals surface area contributed by atoms with Crippen LogP contribution in [-0.2, 0) is 17.8 Å². The molecule has 1 heterocycles. The van der Waals surface area contributed by atoms with Crippen LogP contribution in [-0.4, -0.2) is 17.5 Å². The molecular formula is C7H6N3O2S2-. The highest BCUT2D eigenvalue weighted by Crippen LogP contribution is 2.15. The van der Waals surface area contributed by atoms with Crippen LogP contribution in [0.25, 0.3) is 11.0 Å². The van der Waals surface area contributed by atoms with Crippen LogP contribution in [0.4, 0.5) is 0 Å². The van der Waals surface area contributed by atoms with Crippen LogP contribution in [0.1, 0.15) is 5.56 Å². The second-order valence-electron chi connectivity index (χ2n) is 2.60. The van der Waals surface area contributed by atoms with Gasteiger partial charge in [0.05, 0.1) is 11.7 Å². The molecule has 0 spiro atoms. The van der Waals surface area contributed by atoms with Gasteiger partial charge in [0.1, 0.15) is 11.0 Å². The highest BCUT2D eigenvalue weighted by molar-refractivity contribution is 7.77. The second kappa shape index (κ2) is 4.09. The first-order valence-corrected chi connectivity index (χ1v) is 5.61. The van der Waals surface area contributed by atoms with Gasteiger partial charge in [-0.2, -0.15) is 8.75 Å². The van der Waals surface area contributed by atoms with E-state index >= 15 is 0 Å². The van der Waals surface area contributed by atoms with E-state index < -0.39 is 11.3 Å². The van der Waals surface area contributed by atoms with Crippen molar-refractivity contribution in [3.05, 3.63) is 23.8 Å². The van der Waals surface area contributed by atoms with Crippen molar-refractivity contribution < 1.29 is 8.76 Å². The number of hydrogen-bond donors (Lipinski definition) is 1. The van der Waals surface area contributed by atoms with Gasteiger partial charge in [0, 0.05) is 17.8 Å². The topological polar surface area (TPSA) is 77.9 Å². The Morgan fingerprint density at radius 1 is 1.50 bits per heavy atom. The standard InChI is InChI=1S/C7H7N3O2S2/c11-14(12)8-4-5-2-1-3-6-7(5)10-13-9-6/h1-3,8H,4H2,(H,11,12)/p-1. The predicted octanol–water partition coefficient (Wildman–Crippen LogP) is 0.575. The van der Waals surface area contributed by atoms with E-state index in [1.165, 1.54) is 0 Å². The maximum atomic E-state index is 10.3. The Bertz CT molecular complexity index is 471. The van der Waals surface area contributed by atoms with E-state index in [9.17, 15) is 8.76 Å². The minimum Gasteiger partial charge on any atom is -0.760 e. The predicted molar refractivity (Wildman–Crippen MR) is 53.2 cm³/mol. The van der Waals surface area contributed by atoms with E-state index in [2.05, 4.69) is 13.5 Å². The number of fused-ring (bicyclic) bond motifs is 1. The van der Waals surface area contributed by atoms with Crippen molar-refractivity contribution in [2.45, 2.75) is 6.54 Å². The molecule has 2 aromatic rings. The third kappa shape index (κ3) is 1.95. The zero-order chi connectivity index (χ0) is 9.97. The lowest BCUT2D eigenvalue weighted by atomic mass is 10.2. The molecule has 1 aromatic heterocycles. The summed E-state index contributed by atoms with van der Waals surface area (Å²) < 4.78 is 31.0. The summed E-state index contributed by atoms with van der Waals surface area (Å²) in [6.07, 6.45) is 0. The zero-order valence-corrected chi connectivity index (χ0v) is 8.60. The lowest BCUT2D eigenvalue weighted by Gasteiger charge is -2.06. The number of nitrogens with zero attached hydrogens (tertiary/aromatic N) is 2. The molecule has 5 nitrogen and oxygen atoms in total. The van der Waals surface area contributed by atoms with Crippen LogP contribution in [0.5, 0.6) is 0 Å². The van der Waals surface area contributed by atoms with Gasteiger partial charge in [0.25, 0.3) is 0 Å². The van der Waals surface area contributed by atoms with Crippen LogP contribution >= 0.6 is 11.7 Å². The van der Waals surface area contributed by atoms with Crippen molar-refractivity contribution in [3.63, 3.8) is 0 Å². The quantitative estimate of drug-likeness (QED) is 0.779. The summed E-state index contributed by atoms with van der Waals surface area (Å²) in [6.45, 7) is 0.249. The van der Waals surface area contributed by atoms with Crippen molar-refractivity contribution in [2.24, 2.45) is 0 Å². The van der Waals surface area contributed by atoms with Gasteiger partial charge in [-0.25, -0.2) is 4.72 Å². The molecule has 0 fully saturated rings. The van der Waals surface area contributed by atoms with Gasteiger partial charge >= 0.3 is 0 Å². The Labute approximate surface area is 86.9 Å². The van der Waals surface area contributed by atoms with Crippen LogP contribution in [0.2, 0.25) is 0 Å². The van der Waals surface area contributed by atoms with Crippen LogP contribution in [0, 0.1) is 0 Å². The molecule has 0 amide bonds. The summed E-state index contributed by atoms with van der Waals surface area (Å²) in [5.74, 6) is 0. The molecule has 1 atom stereocenters. The van der Waals surface area contributed by atoms with Crippen molar-refractivity contribution in [3.8, 4) is 0 Å². The van der Waals surface area contributed by atoms with Gasteiger partial charge in [0.2, 0.25) is 0 Å². The van der Waals surface area contributed by atoms with Gasteiger partial charge in [-0.1, -0.05) is 12.1 Å². The summed E-state index contributed by atoms with van der Waals surface area (Å²) in [6, 6.07) is 5.49. The second-order valence-corrected chi connectivity index (χ2v) is 3.89. The molecule has 74 valence electrons. The van der Waals surface area contributed by atoms with Crippen LogP contribution < -0.4 is 4.72 Å².